The molecule has 0 aliphatic carbocycles. The van der Waals surface area contributed by atoms with E-state index in [1.807, 2.05) is 109 Å². The van der Waals surface area contributed by atoms with Crippen molar-refractivity contribution in [3.63, 3.8) is 0 Å². The number of hydrogen-bond acceptors (Lipinski definition) is 17. The third-order valence-electron chi connectivity index (χ3n) is 17.6. The number of aromatic hydroxyl groups is 1. The number of methoxy groups -OCH3 is 3. The van der Waals surface area contributed by atoms with E-state index in [-0.39, 0.29) is 32.6 Å². The van der Waals surface area contributed by atoms with Gasteiger partial charge in [-0.25, -0.2) is 21.7 Å². The lowest BCUT2D eigenvalue weighted by molar-refractivity contribution is 0.0749. The van der Waals surface area contributed by atoms with E-state index < -0.39 is 0 Å². The van der Waals surface area contributed by atoms with Crippen molar-refractivity contribution in [2.24, 2.45) is 21.1 Å². The number of hydrazone groups is 3. The average molecular weight is 1850 g/mol. The lowest BCUT2D eigenvalue weighted by Gasteiger charge is -2.21. The Balaban J connectivity index is 0.000000306. The van der Waals surface area contributed by atoms with Gasteiger partial charge < -0.3 is 38.9 Å². The number of carbonyl (C=O) groups is 5. The number of hydrogen-bond donors (Lipinski definition) is 5. The Bertz CT molecular complexity index is 4560. The van der Waals surface area contributed by atoms with Gasteiger partial charge in [0.1, 0.15) is 29.3 Å². The van der Waals surface area contributed by atoms with Crippen molar-refractivity contribution in [2.45, 2.75) is 81.1 Å². The summed E-state index contributed by atoms with van der Waals surface area (Å²) in [5.41, 5.74) is 22.1. The number of amides is 4. The number of ether oxygens (including phenoxy) is 3. The van der Waals surface area contributed by atoms with Gasteiger partial charge in [-0.05, 0) is 255 Å². The van der Waals surface area contributed by atoms with Crippen LogP contribution in [0.4, 0.5) is 22.7 Å². The smallest absolute Gasteiger partial charge is 0.369 e. The topological polar surface area (TPSA) is 249 Å². The number of rotatable bonds is 29. The largest absolute Gasteiger partial charge is 0.508 e. The van der Waals surface area contributed by atoms with Crippen LogP contribution in [-0.2, 0) is 11.9 Å². The zero-order valence-electron chi connectivity index (χ0n) is 68.9. The van der Waals surface area contributed by atoms with E-state index in [1.165, 1.54) is 56.6 Å². The van der Waals surface area contributed by atoms with Gasteiger partial charge in [0, 0.05) is 108 Å². The lowest BCUT2D eigenvalue weighted by atomic mass is 10.1. The summed E-state index contributed by atoms with van der Waals surface area (Å²) < 4.78 is 15.5. The first-order chi connectivity index (χ1) is 56.5. The number of alkyl halides is 1. The Labute approximate surface area is 724 Å². The molecule has 117 heavy (non-hydrogen) atoms. The van der Waals surface area contributed by atoms with Crippen LogP contribution in [0.5, 0.6) is 23.0 Å². The molecule has 26 heteroatoms. The SMILES string of the molecule is BrB(Br)Br.CCN(CC)c1ccc(/C=N/N(Cc2ccc(C)cc2)C(=O)c2ccc(OC)cc2)cc1.CCN(CC)c1ccc(/C=N/NC(=O)c2ccc(O)cc2)cc1.CCN(CC)c1ccc(/C=N/NC(=O)c2ccc(OC)cc2)cc1.CCN(CC)c1ccc(C=O)cc1.COc1ccc(C(=O)NN)cc1.Cc1ccc(CBr)cc1. The zero-order valence-corrected chi connectivity index (χ0v) is 75.3. The maximum atomic E-state index is 13.2. The van der Waals surface area contributed by atoms with Crippen LogP contribution in [0.2, 0.25) is 0 Å². The molecule has 618 valence electrons. The fourth-order valence-corrected chi connectivity index (χ4v) is 11.2. The Morgan fingerprint density at radius 2 is 0.684 bits per heavy atom. The highest BCUT2D eigenvalue weighted by Gasteiger charge is 2.17. The summed E-state index contributed by atoms with van der Waals surface area (Å²) in [5, 5.41) is 24.2. The number of phenolic OH excluding ortho intramolecular Hbond substituents is 1. The number of nitrogen functional groups attached to an aromatic ring is 1. The van der Waals surface area contributed by atoms with E-state index in [2.05, 4.69) is 220 Å². The van der Waals surface area contributed by atoms with Crippen LogP contribution in [-0.4, -0.2) is 136 Å². The summed E-state index contributed by atoms with van der Waals surface area (Å²) in [6.45, 7) is 29.4. The zero-order chi connectivity index (χ0) is 85.9. The molecule has 0 fully saturated rings. The Morgan fingerprint density at radius 1 is 0.402 bits per heavy atom. The van der Waals surface area contributed by atoms with Gasteiger partial charge in [0.2, 0.25) is 0 Å². The van der Waals surface area contributed by atoms with E-state index >= 15 is 0 Å². The highest BCUT2D eigenvalue weighted by atomic mass is 79.9. The van der Waals surface area contributed by atoms with Crippen LogP contribution in [0.15, 0.2) is 258 Å². The molecule has 0 saturated carbocycles. The number of benzene rings is 10. The monoisotopic (exact) mass is 1840 g/mol. The van der Waals surface area contributed by atoms with E-state index in [0.717, 1.165) is 91.8 Å². The number of nitrogens with zero attached hydrogens (tertiary/aromatic N) is 8. The van der Waals surface area contributed by atoms with Crippen molar-refractivity contribution >= 4 is 138 Å². The van der Waals surface area contributed by atoms with Crippen molar-refractivity contribution in [2.75, 3.05) is 93.3 Å². The molecule has 10 aromatic carbocycles. The molecular formula is C91H109BBr4N12O9. The fraction of sp³-hybridized carbons (Fsp3) is 0.253. The minimum absolute atomic E-state index is 0.123. The van der Waals surface area contributed by atoms with Crippen molar-refractivity contribution in [1.29, 1.82) is 0 Å². The summed E-state index contributed by atoms with van der Waals surface area (Å²) >= 11 is 12.7. The molecule has 0 bridgehead atoms. The standard InChI is InChI=1S/C27H31N3O2.C19H23N3O2.C18H21N3O2.C11H15NO.C8H9Br.C8H10N2O2.BBr3/c1-5-29(6-2)25-15-11-22(12-16-25)19-28-30(20-23-9-7-21(3)8-10-23)27(31)24-13-17-26(32-4)18-14-24;1-4-22(5-2)17-10-6-15(7-11-17)14-20-21-19(23)16-8-12-18(24-3)13-9-16;1-3-21(4-2)16-9-5-14(6-10-16)13-19-20-18(23)15-7-11-17(22)12-8-15;1-3-12(4-2)11-7-5-10(9-13)6-8-11;1-7-2-4-8(6-9)5-3-7;1-12-7-4-2-6(3-5-7)8(11)10-9;2-1(3)4/h7-19H,5-6,20H2,1-4H3;6-14H,4-5H2,1-3H3,(H,21,23);5-13,22H,3-4H2,1-2H3,(H,20,23);5-9H,3-4H2,1-2H3;2-5H,6H2,1H3;2-5H,9H2,1H3,(H,10,11);/b28-19+;20-14+;19-13+;;;;. The van der Waals surface area contributed by atoms with Gasteiger partial charge in [0.25, 0.3) is 23.6 Å². The number of nitrogens with one attached hydrogen (secondary N) is 3. The van der Waals surface area contributed by atoms with Gasteiger partial charge in [0.15, 0.2) is 0 Å². The second kappa shape index (κ2) is 56.4. The molecule has 0 aliphatic heterocycles. The van der Waals surface area contributed by atoms with Crippen LogP contribution >= 0.6 is 63.2 Å². The van der Waals surface area contributed by atoms with Gasteiger partial charge in [-0.3, -0.25) is 29.4 Å². The lowest BCUT2D eigenvalue weighted by Crippen LogP contribution is -2.29. The Morgan fingerprint density at radius 3 is 0.974 bits per heavy atom. The predicted molar refractivity (Wildman–Crippen MR) is 499 cm³/mol. The Kier molecular flexibility index (Phi) is 47.5. The molecular weight excluding hydrogens is 1740 g/mol. The van der Waals surface area contributed by atoms with Crippen LogP contribution in [0.1, 0.15) is 146 Å². The first-order valence-corrected chi connectivity index (χ1v) is 42.1. The van der Waals surface area contributed by atoms with Crippen molar-refractivity contribution in [3.8, 4) is 23.0 Å². The number of nitrogens with two attached hydrogens (primary N) is 1. The number of phenols is 1. The first kappa shape index (κ1) is 98.5. The molecule has 0 saturated heterocycles. The highest BCUT2D eigenvalue weighted by molar-refractivity contribution is 9.69. The maximum absolute atomic E-state index is 13.2. The summed E-state index contributed by atoms with van der Waals surface area (Å²) in [6, 6.07) is 75.3. The number of halogens is 4. The quantitative estimate of drug-likeness (QED) is 0.00557. The molecule has 0 radical (unpaired) electrons. The van der Waals surface area contributed by atoms with E-state index in [0.29, 0.717) is 46.0 Å². The molecule has 0 aromatic heterocycles. The van der Waals surface area contributed by atoms with Crippen molar-refractivity contribution in [1.82, 2.24) is 21.3 Å². The molecule has 0 heterocycles. The number of carbonyl (C=O) groups excluding carboxylic acids is 5. The second-order valence-electron chi connectivity index (χ2n) is 25.2. The number of hydrazine groups is 1. The highest BCUT2D eigenvalue weighted by Crippen LogP contribution is 2.22. The van der Waals surface area contributed by atoms with Gasteiger partial charge in [0.05, 0.1) is 46.5 Å². The minimum Gasteiger partial charge on any atom is -0.508 e. The summed E-state index contributed by atoms with van der Waals surface area (Å²) in [6.07, 6.45) is 5.84. The molecule has 0 aliphatic rings. The van der Waals surface area contributed by atoms with Crippen molar-refractivity contribution < 1.29 is 43.3 Å². The summed E-state index contributed by atoms with van der Waals surface area (Å²) in [5.74, 6) is 6.16. The van der Waals surface area contributed by atoms with E-state index in [9.17, 15) is 29.1 Å². The summed E-state index contributed by atoms with van der Waals surface area (Å²) in [4.78, 5) is 67.5. The molecule has 0 unspecified atom stereocenters. The Hall–Kier alpha value is -10.9. The van der Waals surface area contributed by atoms with Gasteiger partial charge in [-0.1, -0.05) is 112 Å². The third kappa shape index (κ3) is 36.9. The molecule has 10 rings (SSSR count). The molecule has 6 N–H and O–H groups in total. The minimum atomic E-state index is -0.319. The average Bonchev–Trinajstić information content (AvgIpc) is 0.850. The van der Waals surface area contributed by atoms with Gasteiger partial charge in [-0.15, -0.1) is 47.3 Å². The number of aldehydes is 1. The van der Waals surface area contributed by atoms with Crippen molar-refractivity contribution in [3.05, 3.63) is 309 Å². The normalized spacial score (nSPS) is 10.2. The summed E-state index contributed by atoms with van der Waals surface area (Å²) in [7, 11) is 4.76. The maximum Gasteiger partial charge on any atom is 0.369 e. The van der Waals surface area contributed by atoms with Crippen LogP contribution < -0.4 is 55.9 Å². The first-order valence-electron chi connectivity index (χ1n) is 38.2. The number of anilines is 4. The molecule has 0 spiro atoms. The van der Waals surface area contributed by atoms with E-state index in [1.54, 1.807) is 125 Å². The molecule has 21 nitrogen and oxygen atoms in total. The third-order valence-corrected chi connectivity index (χ3v) is 18.2. The molecule has 0 atom stereocenters. The second-order valence-corrected chi connectivity index (χ2v) is 32.2. The molecule has 10 aromatic rings. The fourth-order valence-electron chi connectivity index (χ4n) is 10.8. The molecule has 4 amide bonds. The van der Waals surface area contributed by atoms with Gasteiger partial charge in [-0.2, -0.15) is 15.3 Å². The van der Waals surface area contributed by atoms with Gasteiger partial charge >= 0.3 is 3.18 Å². The van der Waals surface area contributed by atoms with E-state index in [4.69, 9.17) is 20.1 Å². The predicted octanol–water partition coefficient (Wildman–Crippen LogP) is 19.5. The van der Waals surface area contributed by atoms with Crippen LogP contribution in [0.25, 0.3) is 0 Å². The van der Waals surface area contributed by atoms with Crippen LogP contribution in [0, 0.1) is 13.8 Å². The van der Waals surface area contributed by atoms with Crippen LogP contribution in [0.3, 0.4) is 0 Å². The number of aryl methyl sites for hydroxylation is 2.